The zero-order valence-electron chi connectivity index (χ0n) is 11.6. The minimum Gasteiger partial charge on any atom is -0.285 e. The van der Waals surface area contributed by atoms with Crippen LogP contribution in [0.1, 0.15) is 19.4 Å². The number of thioether (sulfide) groups is 1. The average molecular weight is 285 g/mol. The lowest BCUT2D eigenvalue weighted by molar-refractivity contribution is 0.951. The van der Waals surface area contributed by atoms with Crippen LogP contribution in [0.15, 0.2) is 35.7 Å². The first-order valence-corrected chi connectivity index (χ1v) is 7.50. The van der Waals surface area contributed by atoms with Crippen molar-refractivity contribution in [3.8, 4) is 17.2 Å². The maximum Gasteiger partial charge on any atom is 0.103 e. The van der Waals surface area contributed by atoms with Crippen molar-refractivity contribution in [1.29, 1.82) is 5.26 Å². The van der Waals surface area contributed by atoms with Gasteiger partial charge >= 0.3 is 0 Å². The second-order valence-corrected chi connectivity index (χ2v) is 4.60. The van der Waals surface area contributed by atoms with Gasteiger partial charge in [-0.15, -0.1) is 11.8 Å². The molecule has 3 heterocycles. The highest BCUT2D eigenvalue weighted by molar-refractivity contribution is 7.98. The Hall–Kier alpha value is -2.26. The molecule has 6 heteroatoms. The highest BCUT2D eigenvalue weighted by Gasteiger charge is 2.11. The molecule has 0 unspecified atom stereocenters. The van der Waals surface area contributed by atoms with Gasteiger partial charge in [-0.25, -0.2) is 4.52 Å². The van der Waals surface area contributed by atoms with Gasteiger partial charge in [-0.3, -0.25) is 5.10 Å². The zero-order valence-corrected chi connectivity index (χ0v) is 12.4. The van der Waals surface area contributed by atoms with Gasteiger partial charge in [-0.05, 0) is 12.3 Å². The van der Waals surface area contributed by atoms with Crippen LogP contribution < -0.4 is 0 Å². The predicted molar refractivity (Wildman–Crippen MR) is 80.6 cm³/mol. The number of hydrogen-bond donors (Lipinski definition) is 1. The molecule has 0 fully saturated rings. The third kappa shape index (κ3) is 2.40. The van der Waals surface area contributed by atoms with E-state index < -0.39 is 0 Å². The van der Waals surface area contributed by atoms with E-state index >= 15 is 0 Å². The lowest BCUT2D eigenvalue weighted by atomic mass is 10.1. The maximum absolute atomic E-state index is 9.07. The zero-order chi connectivity index (χ0) is 14.5. The molecule has 3 aromatic heterocycles. The van der Waals surface area contributed by atoms with E-state index in [1.807, 2.05) is 38.6 Å². The summed E-state index contributed by atoms with van der Waals surface area (Å²) in [5, 5.41) is 20.0. The van der Waals surface area contributed by atoms with E-state index in [-0.39, 0.29) is 0 Å². The van der Waals surface area contributed by atoms with E-state index in [9.17, 15) is 0 Å². The van der Waals surface area contributed by atoms with Gasteiger partial charge < -0.3 is 0 Å². The summed E-state index contributed by atoms with van der Waals surface area (Å²) in [5.41, 5.74) is 3.48. The summed E-state index contributed by atoms with van der Waals surface area (Å²) in [7, 11) is 0. The summed E-state index contributed by atoms with van der Waals surface area (Å²) < 4.78 is 1.74. The number of nitrogens with zero attached hydrogens (tertiary/aromatic N) is 4. The van der Waals surface area contributed by atoms with Gasteiger partial charge in [0.2, 0.25) is 0 Å². The average Bonchev–Trinajstić information content (AvgIpc) is 3.17. The van der Waals surface area contributed by atoms with E-state index in [0.717, 1.165) is 21.5 Å². The van der Waals surface area contributed by atoms with Crippen molar-refractivity contribution >= 4 is 17.3 Å². The first-order chi connectivity index (χ1) is 9.83. The monoisotopic (exact) mass is 285 g/mol. The van der Waals surface area contributed by atoms with Gasteiger partial charge in [-0.1, -0.05) is 13.8 Å². The largest absolute Gasteiger partial charge is 0.285 e. The van der Waals surface area contributed by atoms with Crippen LogP contribution >= 0.6 is 11.8 Å². The van der Waals surface area contributed by atoms with Gasteiger partial charge in [0, 0.05) is 28.4 Å². The van der Waals surface area contributed by atoms with Crippen LogP contribution in [0, 0.1) is 11.3 Å². The van der Waals surface area contributed by atoms with Gasteiger partial charge in [0.1, 0.15) is 6.07 Å². The van der Waals surface area contributed by atoms with Gasteiger partial charge in [0.15, 0.2) is 0 Å². The number of nitriles is 1. The normalized spacial score (nSPS) is 9.90. The van der Waals surface area contributed by atoms with Crippen molar-refractivity contribution in [1.82, 2.24) is 19.8 Å². The predicted octanol–water partition coefficient (Wildman–Crippen LogP) is 3.34. The third-order valence-corrected chi connectivity index (χ3v) is 3.50. The summed E-state index contributed by atoms with van der Waals surface area (Å²) in [6, 6.07) is 4.21. The van der Waals surface area contributed by atoms with Crippen molar-refractivity contribution in [2.75, 3.05) is 6.26 Å². The molecule has 0 radical (unpaired) electrons. The minimum absolute atomic E-state index is 0.595. The lowest BCUT2D eigenvalue weighted by Crippen LogP contribution is -1.91. The van der Waals surface area contributed by atoms with E-state index in [1.165, 1.54) is 0 Å². The molecule has 0 aliphatic heterocycles. The molecule has 0 amide bonds. The Morgan fingerprint density at radius 2 is 2.10 bits per heavy atom. The molecule has 0 saturated heterocycles. The molecule has 0 saturated carbocycles. The van der Waals surface area contributed by atoms with Crippen LogP contribution in [0.25, 0.3) is 16.6 Å². The maximum atomic E-state index is 9.07. The van der Waals surface area contributed by atoms with Gasteiger partial charge in [0.25, 0.3) is 0 Å². The molecule has 20 heavy (non-hydrogen) atoms. The summed E-state index contributed by atoms with van der Waals surface area (Å²) in [6.07, 6.45) is 9.08. The van der Waals surface area contributed by atoms with Crippen LogP contribution in [0.5, 0.6) is 0 Å². The van der Waals surface area contributed by atoms with Crippen LogP contribution in [0.2, 0.25) is 0 Å². The van der Waals surface area contributed by atoms with Gasteiger partial charge in [0.05, 0.1) is 23.5 Å². The molecular formula is C14H15N5S. The van der Waals surface area contributed by atoms with Crippen LogP contribution in [0.4, 0.5) is 0 Å². The Bertz CT molecular complexity index is 737. The first-order valence-electron chi connectivity index (χ1n) is 6.28. The standard InChI is InChI=1S/C12H9N5S.C2H6/c1-18-11-2-8(10-4-14-15-5-10)7-17-12(11)9(3-13)6-16-17;1-2/h2,4-7H,1H3,(H,14,15);1-2H3. The fourth-order valence-corrected chi connectivity index (χ4v) is 2.53. The quantitative estimate of drug-likeness (QED) is 0.733. The molecule has 0 aromatic carbocycles. The second kappa shape index (κ2) is 6.26. The van der Waals surface area contributed by atoms with Gasteiger partial charge in [-0.2, -0.15) is 15.5 Å². The number of nitrogens with one attached hydrogen (secondary N) is 1. The minimum atomic E-state index is 0.595. The number of fused-ring (bicyclic) bond motifs is 1. The van der Waals surface area contributed by atoms with E-state index in [2.05, 4.69) is 21.4 Å². The van der Waals surface area contributed by atoms with Crippen molar-refractivity contribution in [2.24, 2.45) is 0 Å². The number of hydrogen-bond acceptors (Lipinski definition) is 4. The SMILES string of the molecule is CC.CSc1cc(-c2cn[nH]c2)cn2ncc(C#N)c12. The molecule has 3 aromatic rings. The molecule has 0 spiro atoms. The summed E-state index contributed by atoms with van der Waals surface area (Å²) in [5.74, 6) is 0. The van der Waals surface area contributed by atoms with Crippen LogP contribution in [-0.4, -0.2) is 26.1 Å². The fraction of sp³-hybridized carbons (Fsp3) is 0.214. The Balaban J connectivity index is 0.000000704. The molecule has 1 N–H and O–H groups in total. The third-order valence-electron chi connectivity index (χ3n) is 2.75. The van der Waals surface area contributed by atoms with Crippen LogP contribution in [-0.2, 0) is 0 Å². The fourth-order valence-electron chi connectivity index (χ4n) is 1.89. The molecule has 5 nitrogen and oxygen atoms in total. The van der Waals surface area contributed by atoms with Crippen LogP contribution in [0.3, 0.4) is 0 Å². The number of aromatic nitrogens is 4. The van der Waals surface area contributed by atoms with Crippen molar-refractivity contribution in [3.63, 3.8) is 0 Å². The number of rotatable bonds is 2. The second-order valence-electron chi connectivity index (χ2n) is 3.75. The highest BCUT2D eigenvalue weighted by atomic mass is 32.2. The number of pyridine rings is 1. The van der Waals surface area contributed by atoms with E-state index in [1.54, 1.807) is 28.7 Å². The first kappa shape index (κ1) is 14.2. The topological polar surface area (TPSA) is 69.8 Å². The van der Waals surface area contributed by atoms with E-state index in [4.69, 9.17) is 5.26 Å². The highest BCUT2D eigenvalue weighted by Crippen LogP contribution is 2.29. The Kier molecular flexibility index (Phi) is 4.43. The smallest absolute Gasteiger partial charge is 0.103 e. The summed E-state index contributed by atoms with van der Waals surface area (Å²) in [4.78, 5) is 1.03. The summed E-state index contributed by atoms with van der Waals surface area (Å²) in [6.45, 7) is 4.00. The lowest BCUT2D eigenvalue weighted by Gasteiger charge is -2.05. The Morgan fingerprint density at radius 1 is 1.30 bits per heavy atom. The van der Waals surface area contributed by atoms with Crippen molar-refractivity contribution < 1.29 is 0 Å². The molecule has 3 rings (SSSR count). The van der Waals surface area contributed by atoms with Crippen molar-refractivity contribution in [3.05, 3.63) is 36.4 Å². The molecule has 0 aliphatic rings. The number of H-pyrrole nitrogens is 1. The molecule has 0 aliphatic carbocycles. The molecule has 0 atom stereocenters. The van der Waals surface area contributed by atoms with E-state index in [0.29, 0.717) is 5.56 Å². The number of aromatic amines is 1. The Labute approximate surface area is 121 Å². The summed E-state index contributed by atoms with van der Waals surface area (Å²) >= 11 is 1.60. The Morgan fingerprint density at radius 3 is 2.70 bits per heavy atom. The van der Waals surface area contributed by atoms with Crippen molar-refractivity contribution in [2.45, 2.75) is 18.7 Å². The molecular weight excluding hydrogens is 270 g/mol. The molecule has 0 bridgehead atoms. The molecule has 102 valence electrons.